The van der Waals surface area contributed by atoms with E-state index in [0.717, 1.165) is 44.8 Å². The molecule has 1 amide bonds. The van der Waals surface area contributed by atoms with Gasteiger partial charge in [-0.1, -0.05) is 0 Å². The molecular formula is C19H22N6O2. The number of hydrogen-bond donors (Lipinski definition) is 2. The molecule has 2 aromatic heterocycles. The molecule has 0 unspecified atom stereocenters. The molecule has 8 nitrogen and oxygen atoms in total. The number of aromatic nitrogens is 3. The van der Waals surface area contributed by atoms with E-state index in [1.54, 1.807) is 24.5 Å². The summed E-state index contributed by atoms with van der Waals surface area (Å²) in [6.45, 7) is 2.18. The van der Waals surface area contributed by atoms with Crippen molar-refractivity contribution in [1.29, 1.82) is 5.26 Å². The average Bonchev–Trinajstić information content (AvgIpc) is 3.40. The fourth-order valence-corrected chi connectivity index (χ4v) is 3.94. The van der Waals surface area contributed by atoms with Gasteiger partial charge in [0.2, 0.25) is 0 Å². The largest absolute Gasteiger partial charge is 0.376 e. The standard InChI is InChI=1S/C19H22N6O2/c20-11-13-1-2-17(21-12-13)23-15-6-10-27-18(15)14-4-8-25(9-5-14)19(26)16-3-7-22-24-16/h1-3,7,12,14-15,18H,4-6,8-10H2,(H,21,23)(H,22,24)/t15-,18+/m1/s1. The highest BCUT2D eigenvalue weighted by Gasteiger charge is 2.37. The Bertz CT molecular complexity index is 806. The minimum atomic E-state index is 0.00903. The van der Waals surface area contributed by atoms with E-state index in [2.05, 4.69) is 26.6 Å². The van der Waals surface area contributed by atoms with E-state index in [1.807, 2.05) is 11.0 Å². The second kappa shape index (κ2) is 7.76. The number of anilines is 1. The first-order valence-corrected chi connectivity index (χ1v) is 9.27. The quantitative estimate of drug-likeness (QED) is 0.854. The van der Waals surface area contributed by atoms with E-state index < -0.39 is 0 Å². The number of nitrogens with zero attached hydrogens (tertiary/aromatic N) is 4. The first-order chi connectivity index (χ1) is 13.2. The number of likely N-dealkylation sites (tertiary alicyclic amines) is 1. The molecule has 0 spiro atoms. The van der Waals surface area contributed by atoms with Gasteiger partial charge in [0.1, 0.15) is 17.6 Å². The van der Waals surface area contributed by atoms with Crippen LogP contribution in [0.3, 0.4) is 0 Å². The minimum Gasteiger partial charge on any atom is -0.376 e. The third-order valence-electron chi connectivity index (χ3n) is 5.38. The summed E-state index contributed by atoms with van der Waals surface area (Å²) >= 11 is 0. The predicted molar refractivity (Wildman–Crippen MR) is 97.9 cm³/mol. The molecule has 0 bridgehead atoms. The van der Waals surface area contributed by atoms with Crippen molar-refractivity contribution in [3.8, 4) is 6.07 Å². The number of hydrogen-bond acceptors (Lipinski definition) is 6. The molecule has 8 heteroatoms. The zero-order valence-electron chi connectivity index (χ0n) is 15.0. The number of ether oxygens (including phenoxy) is 1. The molecule has 4 heterocycles. The van der Waals surface area contributed by atoms with Gasteiger partial charge >= 0.3 is 0 Å². The fourth-order valence-electron chi connectivity index (χ4n) is 3.94. The topological polar surface area (TPSA) is 107 Å². The van der Waals surface area contributed by atoms with E-state index in [0.29, 0.717) is 17.2 Å². The summed E-state index contributed by atoms with van der Waals surface area (Å²) in [5.74, 6) is 1.19. The van der Waals surface area contributed by atoms with Crippen LogP contribution in [-0.4, -0.2) is 57.8 Å². The maximum atomic E-state index is 12.4. The number of pyridine rings is 1. The molecule has 0 aromatic carbocycles. The molecule has 2 atom stereocenters. The second-order valence-corrected chi connectivity index (χ2v) is 7.02. The molecule has 2 aliphatic heterocycles. The second-order valence-electron chi connectivity index (χ2n) is 7.02. The molecular weight excluding hydrogens is 344 g/mol. The predicted octanol–water partition coefficient (Wildman–Crippen LogP) is 1.80. The molecule has 0 aliphatic carbocycles. The summed E-state index contributed by atoms with van der Waals surface area (Å²) in [7, 11) is 0. The highest BCUT2D eigenvalue weighted by molar-refractivity contribution is 5.92. The lowest BCUT2D eigenvalue weighted by molar-refractivity contribution is 0.0259. The summed E-state index contributed by atoms with van der Waals surface area (Å²) < 4.78 is 6.03. The first-order valence-electron chi connectivity index (χ1n) is 9.27. The van der Waals surface area contributed by atoms with Crippen molar-refractivity contribution in [3.63, 3.8) is 0 Å². The smallest absolute Gasteiger partial charge is 0.271 e. The van der Waals surface area contributed by atoms with E-state index in [4.69, 9.17) is 10.00 Å². The van der Waals surface area contributed by atoms with Gasteiger partial charge in [0, 0.05) is 32.1 Å². The molecule has 27 heavy (non-hydrogen) atoms. The van der Waals surface area contributed by atoms with Crippen LogP contribution in [0.1, 0.15) is 35.3 Å². The maximum absolute atomic E-state index is 12.4. The van der Waals surface area contributed by atoms with Gasteiger partial charge in [-0.05, 0) is 43.4 Å². The Morgan fingerprint density at radius 2 is 2.15 bits per heavy atom. The molecule has 2 fully saturated rings. The van der Waals surface area contributed by atoms with Crippen molar-refractivity contribution in [2.45, 2.75) is 31.4 Å². The van der Waals surface area contributed by atoms with Crippen molar-refractivity contribution >= 4 is 11.7 Å². The molecule has 2 saturated heterocycles. The Kier molecular flexibility index (Phi) is 5.03. The minimum absolute atomic E-state index is 0.00903. The van der Waals surface area contributed by atoms with Gasteiger partial charge < -0.3 is 15.0 Å². The Morgan fingerprint density at radius 1 is 1.30 bits per heavy atom. The summed E-state index contributed by atoms with van der Waals surface area (Å²) in [6.07, 6.45) is 6.06. The number of nitriles is 1. The molecule has 140 valence electrons. The van der Waals surface area contributed by atoms with Crippen molar-refractivity contribution in [2.75, 3.05) is 25.0 Å². The Labute approximate surface area is 157 Å². The lowest BCUT2D eigenvalue weighted by Gasteiger charge is -2.36. The number of piperidine rings is 1. The average molecular weight is 366 g/mol. The SMILES string of the molecule is N#Cc1ccc(N[C@@H]2CCO[C@H]2C2CCN(C(=O)c3ccn[nH]3)CC2)nc1. The van der Waals surface area contributed by atoms with Crippen molar-refractivity contribution < 1.29 is 9.53 Å². The summed E-state index contributed by atoms with van der Waals surface area (Å²) in [5, 5.41) is 18.9. The Hall–Kier alpha value is -2.92. The van der Waals surface area contributed by atoms with Crippen LogP contribution in [0.5, 0.6) is 0 Å². The van der Waals surface area contributed by atoms with Crippen LogP contribution >= 0.6 is 0 Å². The zero-order chi connectivity index (χ0) is 18.6. The number of aromatic amines is 1. The van der Waals surface area contributed by atoms with Crippen LogP contribution in [0, 0.1) is 17.2 Å². The fraction of sp³-hybridized carbons (Fsp3) is 0.474. The first kappa shape index (κ1) is 17.5. The van der Waals surface area contributed by atoms with Crippen LogP contribution in [-0.2, 0) is 4.74 Å². The van der Waals surface area contributed by atoms with Gasteiger partial charge in [0.25, 0.3) is 5.91 Å². The van der Waals surface area contributed by atoms with E-state index in [-0.39, 0.29) is 18.1 Å². The third-order valence-corrected chi connectivity index (χ3v) is 5.38. The molecule has 4 rings (SSSR count). The van der Waals surface area contributed by atoms with Crippen LogP contribution in [0.15, 0.2) is 30.6 Å². The van der Waals surface area contributed by atoms with Gasteiger partial charge in [-0.2, -0.15) is 10.4 Å². The van der Waals surface area contributed by atoms with E-state index in [9.17, 15) is 4.79 Å². The molecule has 0 saturated carbocycles. The van der Waals surface area contributed by atoms with Crippen LogP contribution in [0.4, 0.5) is 5.82 Å². The number of carbonyl (C=O) groups is 1. The van der Waals surface area contributed by atoms with Crippen LogP contribution in [0.2, 0.25) is 0 Å². The number of nitrogens with one attached hydrogen (secondary N) is 2. The third kappa shape index (κ3) is 3.78. The summed E-state index contributed by atoms with van der Waals surface area (Å²) in [5.41, 5.74) is 1.09. The van der Waals surface area contributed by atoms with Crippen molar-refractivity contribution in [2.24, 2.45) is 5.92 Å². The number of H-pyrrole nitrogens is 1. The molecule has 2 aromatic rings. The Balaban J connectivity index is 1.34. The molecule has 2 aliphatic rings. The lowest BCUT2D eigenvalue weighted by Crippen LogP contribution is -2.44. The molecule has 0 radical (unpaired) electrons. The number of amides is 1. The normalized spacial score (nSPS) is 23.1. The highest BCUT2D eigenvalue weighted by atomic mass is 16.5. The van der Waals surface area contributed by atoms with Crippen molar-refractivity contribution in [3.05, 3.63) is 41.9 Å². The van der Waals surface area contributed by atoms with Gasteiger partial charge in [0.05, 0.1) is 17.7 Å². The monoisotopic (exact) mass is 366 g/mol. The zero-order valence-corrected chi connectivity index (χ0v) is 15.0. The van der Waals surface area contributed by atoms with Crippen LogP contribution < -0.4 is 5.32 Å². The highest BCUT2D eigenvalue weighted by Crippen LogP contribution is 2.31. The van der Waals surface area contributed by atoms with Gasteiger partial charge in [-0.25, -0.2) is 4.98 Å². The van der Waals surface area contributed by atoms with E-state index >= 15 is 0 Å². The molecule has 2 N–H and O–H groups in total. The Morgan fingerprint density at radius 3 is 2.81 bits per heavy atom. The van der Waals surface area contributed by atoms with Crippen molar-refractivity contribution in [1.82, 2.24) is 20.1 Å². The maximum Gasteiger partial charge on any atom is 0.271 e. The number of carbonyl (C=O) groups excluding carboxylic acids is 1. The van der Waals surface area contributed by atoms with Gasteiger partial charge in [-0.15, -0.1) is 0 Å². The number of rotatable bonds is 4. The van der Waals surface area contributed by atoms with Gasteiger partial charge in [0.15, 0.2) is 0 Å². The van der Waals surface area contributed by atoms with Crippen LogP contribution in [0.25, 0.3) is 0 Å². The van der Waals surface area contributed by atoms with E-state index in [1.165, 1.54) is 0 Å². The lowest BCUT2D eigenvalue weighted by atomic mass is 9.87. The summed E-state index contributed by atoms with van der Waals surface area (Å²) in [6, 6.07) is 7.58. The van der Waals surface area contributed by atoms with Gasteiger partial charge in [-0.3, -0.25) is 9.89 Å². The summed E-state index contributed by atoms with van der Waals surface area (Å²) in [4.78, 5) is 18.6.